The fraction of sp³-hybridized carbons (Fsp3) is 0.868. The molecule has 0 aromatic heterocycles. The second-order valence-electron chi connectivity index (χ2n) is 18.3. The standard InChI is InChI=1S/C53H99NO8/c1-3-5-7-9-11-13-15-17-19-21-22-23-24-25-26-27-29-31-33-35-37-39-41-43-49(57)54-46(45-61-53-52(60)51(59)50(58)48(44-55)62-53)47(56)42-40-38-36-34-32-30-28-20-18-16-14-12-10-8-6-4-2/h17,19,32,34,40,42,46-48,50-53,55-56,58-60H,3-16,18,20-31,33,35-39,41,43-45H2,1-2H3,(H,54,57)/b19-17+,34-32+,42-40+/t46-,47+,48-,50-,51?,52?,53-/m0/s1. The van der Waals surface area contributed by atoms with E-state index in [9.17, 15) is 30.3 Å². The van der Waals surface area contributed by atoms with E-state index in [1.165, 1.54) is 180 Å². The van der Waals surface area contributed by atoms with Crippen LogP contribution in [0.1, 0.15) is 239 Å². The van der Waals surface area contributed by atoms with E-state index in [0.29, 0.717) is 6.42 Å². The minimum absolute atomic E-state index is 0.185. The molecule has 1 aliphatic heterocycles. The van der Waals surface area contributed by atoms with Gasteiger partial charge in [-0.3, -0.25) is 4.79 Å². The number of aliphatic hydroxyl groups is 5. The molecule has 1 aliphatic rings. The Morgan fingerprint density at radius 1 is 0.532 bits per heavy atom. The van der Waals surface area contributed by atoms with Gasteiger partial charge in [0.05, 0.1) is 25.4 Å². The molecular formula is C53H99NO8. The summed E-state index contributed by atoms with van der Waals surface area (Å²) >= 11 is 0. The van der Waals surface area contributed by atoms with Gasteiger partial charge in [-0.25, -0.2) is 0 Å². The van der Waals surface area contributed by atoms with E-state index in [0.717, 1.165) is 38.5 Å². The first kappa shape index (κ1) is 58.4. The zero-order valence-electron chi connectivity index (χ0n) is 40.1. The Morgan fingerprint density at radius 3 is 1.35 bits per heavy atom. The summed E-state index contributed by atoms with van der Waals surface area (Å²) in [7, 11) is 0. The average molecular weight is 878 g/mol. The molecular weight excluding hydrogens is 779 g/mol. The smallest absolute Gasteiger partial charge is 0.220 e. The number of allylic oxidation sites excluding steroid dienone is 5. The van der Waals surface area contributed by atoms with Crippen LogP contribution in [0.15, 0.2) is 36.5 Å². The first-order valence-electron chi connectivity index (χ1n) is 26.2. The summed E-state index contributed by atoms with van der Waals surface area (Å²) < 4.78 is 11.2. The van der Waals surface area contributed by atoms with Crippen LogP contribution in [0.25, 0.3) is 0 Å². The van der Waals surface area contributed by atoms with Crippen molar-refractivity contribution in [3.63, 3.8) is 0 Å². The highest BCUT2D eigenvalue weighted by atomic mass is 16.7. The summed E-state index contributed by atoms with van der Waals surface area (Å²) in [5.41, 5.74) is 0. The summed E-state index contributed by atoms with van der Waals surface area (Å²) in [5.74, 6) is -0.185. The Kier molecular flexibility index (Phi) is 40.8. The number of carbonyl (C=O) groups is 1. The summed E-state index contributed by atoms with van der Waals surface area (Å²) in [6.07, 6.45) is 47.7. The molecule has 1 saturated heterocycles. The van der Waals surface area contributed by atoms with Gasteiger partial charge < -0.3 is 40.3 Å². The molecule has 6 N–H and O–H groups in total. The van der Waals surface area contributed by atoms with Gasteiger partial charge in [0.15, 0.2) is 6.29 Å². The lowest BCUT2D eigenvalue weighted by Crippen LogP contribution is -2.60. The molecule has 364 valence electrons. The third kappa shape index (κ3) is 33.0. The molecule has 1 amide bonds. The molecule has 0 aromatic carbocycles. The zero-order valence-corrected chi connectivity index (χ0v) is 40.1. The maximum absolute atomic E-state index is 13.0. The van der Waals surface area contributed by atoms with E-state index in [-0.39, 0.29) is 12.5 Å². The van der Waals surface area contributed by atoms with Crippen molar-refractivity contribution in [3.05, 3.63) is 36.5 Å². The van der Waals surface area contributed by atoms with Gasteiger partial charge in [-0.15, -0.1) is 0 Å². The van der Waals surface area contributed by atoms with E-state index < -0.39 is 49.5 Å². The van der Waals surface area contributed by atoms with E-state index in [2.05, 4.69) is 43.5 Å². The molecule has 62 heavy (non-hydrogen) atoms. The van der Waals surface area contributed by atoms with Crippen molar-refractivity contribution >= 4 is 5.91 Å². The Balaban J connectivity index is 2.28. The molecule has 0 aromatic rings. The van der Waals surface area contributed by atoms with E-state index >= 15 is 0 Å². The second kappa shape index (κ2) is 43.3. The lowest BCUT2D eigenvalue weighted by Gasteiger charge is -2.40. The lowest BCUT2D eigenvalue weighted by molar-refractivity contribution is -0.302. The van der Waals surface area contributed by atoms with Crippen LogP contribution >= 0.6 is 0 Å². The minimum Gasteiger partial charge on any atom is -0.394 e. The fourth-order valence-electron chi connectivity index (χ4n) is 8.23. The molecule has 2 unspecified atom stereocenters. The summed E-state index contributed by atoms with van der Waals surface area (Å²) in [4.78, 5) is 13.0. The van der Waals surface area contributed by atoms with Crippen molar-refractivity contribution in [2.45, 2.75) is 281 Å². The van der Waals surface area contributed by atoms with Gasteiger partial charge in [0.2, 0.25) is 5.91 Å². The Bertz CT molecular complexity index is 1070. The summed E-state index contributed by atoms with van der Waals surface area (Å²) in [6, 6.07) is -0.820. The summed E-state index contributed by atoms with van der Waals surface area (Å²) in [5, 5.41) is 54.3. The van der Waals surface area contributed by atoms with Crippen LogP contribution in [0, 0.1) is 0 Å². The molecule has 0 saturated carbocycles. The van der Waals surface area contributed by atoms with Gasteiger partial charge in [0.1, 0.15) is 24.4 Å². The first-order chi connectivity index (χ1) is 30.3. The topological polar surface area (TPSA) is 149 Å². The monoisotopic (exact) mass is 878 g/mol. The second-order valence-corrected chi connectivity index (χ2v) is 18.3. The van der Waals surface area contributed by atoms with Gasteiger partial charge in [0, 0.05) is 6.42 Å². The van der Waals surface area contributed by atoms with Crippen LogP contribution in [0.3, 0.4) is 0 Å². The largest absolute Gasteiger partial charge is 0.394 e. The number of rotatable bonds is 44. The number of hydrogen-bond acceptors (Lipinski definition) is 8. The molecule has 0 aliphatic carbocycles. The van der Waals surface area contributed by atoms with E-state index in [1.54, 1.807) is 6.08 Å². The van der Waals surface area contributed by atoms with Gasteiger partial charge in [-0.1, -0.05) is 211 Å². The number of hydrogen-bond donors (Lipinski definition) is 6. The number of carbonyl (C=O) groups excluding carboxylic acids is 1. The van der Waals surface area contributed by atoms with Crippen LogP contribution in [0.4, 0.5) is 0 Å². The average Bonchev–Trinajstić information content (AvgIpc) is 3.27. The van der Waals surface area contributed by atoms with Crippen molar-refractivity contribution in [3.8, 4) is 0 Å². The highest BCUT2D eigenvalue weighted by Crippen LogP contribution is 2.23. The lowest BCUT2D eigenvalue weighted by atomic mass is 9.99. The van der Waals surface area contributed by atoms with E-state index in [4.69, 9.17) is 9.47 Å². The predicted octanol–water partition coefficient (Wildman–Crippen LogP) is 12.0. The van der Waals surface area contributed by atoms with Gasteiger partial charge >= 0.3 is 0 Å². The Labute approximate surface area is 381 Å². The zero-order chi connectivity index (χ0) is 45.1. The number of amides is 1. The highest BCUT2D eigenvalue weighted by molar-refractivity contribution is 5.76. The molecule has 1 heterocycles. The minimum atomic E-state index is -1.57. The van der Waals surface area contributed by atoms with Crippen LogP contribution in [0.2, 0.25) is 0 Å². The van der Waals surface area contributed by atoms with Crippen molar-refractivity contribution in [2.75, 3.05) is 13.2 Å². The highest BCUT2D eigenvalue weighted by Gasteiger charge is 2.44. The third-order valence-electron chi connectivity index (χ3n) is 12.4. The molecule has 0 radical (unpaired) electrons. The quantitative estimate of drug-likeness (QED) is 0.0262. The number of ether oxygens (including phenoxy) is 2. The van der Waals surface area contributed by atoms with Crippen molar-refractivity contribution in [2.24, 2.45) is 0 Å². The molecule has 9 nitrogen and oxygen atoms in total. The molecule has 9 heteroatoms. The number of aliphatic hydroxyl groups excluding tert-OH is 5. The molecule has 1 fully saturated rings. The Morgan fingerprint density at radius 2 is 0.919 bits per heavy atom. The van der Waals surface area contributed by atoms with Crippen LogP contribution < -0.4 is 5.32 Å². The van der Waals surface area contributed by atoms with Crippen LogP contribution in [0.5, 0.6) is 0 Å². The number of nitrogens with one attached hydrogen (secondary N) is 1. The first-order valence-corrected chi connectivity index (χ1v) is 26.2. The van der Waals surface area contributed by atoms with E-state index in [1.807, 2.05) is 6.08 Å². The van der Waals surface area contributed by atoms with Crippen molar-refractivity contribution in [1.82, 2.24) is 5.32 Å². The van der Waals surface area contributed by atoms with Gasteiger partial charge in [-0.2, -0.15) is 0 Å². The van der Waals surface area contributed by atoms with Crippen molar-refractivity contribution in [1.29, 1.82) is 0 Å². The van der Waals surface area contributed by atoms with Crippen LogP contribution in [-0.4, -0.2) is 87.5 Å². The third-order valence-corrected chi connectivity index (χ3v) is 12.4. The van der Waals surface area contributed by atoms with Gasteiger partial charge in [0.25, 0.3) is 0 Å². The number of unbranched alkanes of at least 4 members (excludes halogenated alkanes) is 30. The maximum Gasteiger partial charge on any atom is 0.220 e. The SMILES string of the molecule is CCCCCCCC/C=C/CCCCCCCCCCCCCCCC(=O)N[C@@H](CO[C@H]1O[C@@H](CO)[C@H](O)C(O)C1O)[C@H](O)/C=C/CC/C=C/CCCCCCCCCCCC. The molecule has 1 rings (SSSR count). The maximum atomic E-state index is 13.0. The molecule has 7 atom stereocenters. The van der Waals surface area contributed by atoms with Gasteiger partial charge in [-0.05, 0) is 57.8 Å². The summed E-state index contributed by atoms with van der Waals surface area (Å²) in [6.45, 7) is 3.77. The fourth-order valence-corrected chi connectivity index (χ4v) is 8.23. The van der Waals surface area contributed by atoms with Crippen LogP contribution in [-0.2, 0) is 14.3 Å². The Hall–Kier alpha value is -1.59. The predicted molar refractivity (Wildman–Crippen MR) is 258 cm³/mol. The molecule has 0 bridgehead atoms. The van der Waals surface area contributed by atoms with Crippen molar-refractivity contribution < 1.29 is 39.8 Å². The normalized spacial score (nSPS) is 20.5. The molecule has 0 spiro atoms.